The van der Waals surface area contributed by atoms with Gasteiger partial charge >= 0.3 is 0 Å². The highest BCUT2D eigenvalue weighted by Gasteiger charge is 1.56. The van der Waals surface area contributed by atoms with Crippen LogP contribution in [0.3, 0.4) is 0 Å². The second kappa shape index (κ2) is 7.20. The summed E-state index contributed by atoms with van der Waals surface area (Å²) in [5.74, 6) is 0. The summed E-state index contributed by atoms with van der Waals surface area (Å²) in [6.45, 7) is 0.472. The molecule has 0 unspecified atom stereocenters. The minimum Gasteiger partial charge on any atom is -0.395 e. The van der Waals surface area contributed by atoms with Crippen molar-refractivity contribution in [1.29, 1.82) is 0 Å². The zero-order valence-corrected chi connectivity index (χ0v) is 5.25. The van der Waals surface area contributed by atoms with Crippen LogP contribution in [-0.2, 0) is 0 Å². The smallest absolute Gasteiger partial charge is 0.0553 e. The summed E-state index contributed by atoms with van der Waals surface area (Å²) in [7, 11) is 0. The zero-order valence-electron chi connectivity index (χ0n) is 5.25. The Morgan fingerprint density at radius 1 is 1.33 bits per heavy atom. The second-order valence-corrected chi connectivity index (χ2v) is 1.40. The van der Waals surface area contributed by atoms with Gasteiger partial charge in [0, 0.05) is 18.9 Å². The van der Waals surface area contributed by atoms with Gasteiger partial charge in [-0.3, -0.25) is 0 Å². The van der Waals surface area contributed by atoms with Gasteiger partial charge in [-0.25, -0.2) is 0 Å². The molecule has 1 aromatic rings. The molecule has 0 aliphatic carbocycles. The van der Waals surface area contributed by atoms with E-state index < -0.39 is 0 Å². The monoisotopic (exact) mass is 128 g/mol. The highest BCUT2D eigenvalue weighted by molar-refractivity contribution is 4.84. The number of hydrogen-bond donors (Lipinski definition) is 3. The molecule has 0 atom stereocenters. The fourth-order valence-electron chi connectivity index (χ4n) is 0.278. The van der Waals surface area contributed by atoms with Crippen LogP contribution in [0.2, 0.25) is 0 Å². The Morgan fingerprint density at radius 3 is 1.89 bits per heavy atom. The molecule has 0 aromatic carbocycles. The minimum atomic E-state index is 0.0972. The van der Waals surface area contributed by atoms with Gasteiger partial charge in [-0.05, 0) is 12.1 Å². The lowest BCUT2D eigenvalue weighted by molar-refractivity contribution is 0.306. The van der Waals surface area contributed by atoms with Crippen LogP contribution in [0.4, 0.5) is 0 Å². The summed E-state index contributed by atoms with van der Waals surface area (Å²) in [6, 6.07) is 3.89. The Kier molecular flexibility index (Phi) is 6.56. The molecular weight excluding hydrogens is 116 g/mol. The van der Waals surface area contributed by atoms with Crippen molar-refractivity contribution < 1.29 is 5.11 Å². The van der Waals surface area contributed by atoms with Crippen LogP contribution in [0.25, 0.3) is 0 Å². The lowest BCUT2D eigenvalue weighted by atomic mass is 10.7. The summed E-state index contributed by atoms with van der Waals surface area (Å²) in [5, 5.41) is 7.75. The van der Waals surface area contributed by atoms with E-state index in [1.54, 1.807) is 0 Å². The molecule has 0 spiro atoms. The molecule has 4 N–H and O–H groups in total. The summed E-state index contributed by atoms with van der Waals surface area (Å²) < 4.78 is 0. The van der Waals surface area contributed by atoms with E-state index in [1.807, 2.05) is 24.5 Å². The molecule has 0 bridgehead atoms. The Bertz CT molecular complexity index is 86.6. The van der Waals surface area contributed by atoms with E-state index >= 15 is 0 Å². The number of aromatic nitrogens is 1. The molecule has 0 saturated heterocycles. The number of nitrogens with two attached hydrogens (primary N) is 1. The lowest BCUT2D eigenvalue weighted by Crippen LogP contribution is -2.02. The molecule has 0 fully saturated rings. The number of nitrogens with one attached hydrogen (secondary N) is 1. The molecule has 0 radical (unpaired) electrons. The van der Waals surface area contributed by atoms with Crippen LogP contribution in [0.15, 0.2) is 24.5 Å². The third-order valence-electron chi connectivity index (χ3n) is 0.625. The van der Waals surface area contributed by atoms with Gasteiger partial charge in [0.1, 0.15) is 0 Å². The highest BCUT2D eigenvalue weighted by atomic mass is 16.3. The number of H-pyrrole nitrogens is 1. The standard InChI is InChI=1S/C4H5N.C2H7NO/c1-2-4-5-3-1;3-1-2-4/h1-5H;4H,1-3H2. The van der Waals surface area contributed by atoms with Crippen molar-refractivity contribution in [2.75, 3.05) is 13.2 Å². The first-order valence-corrected chi connectivity index (χ1v) is 2.80. The predicted molar refractivity (Wildman–Crippen MR) is 36.9 cm³/mol. The van der Waals surface area contributed by atoms with Crippen LogP contribution < -0.4 is 5.73 Å². The quantitative estimate of drug-likeness (QED) is 0.496. The van der Waals surface area contributed by atoms with Gasteiger partial charge in [0.25, 0.3) is 0 Å². The first-order chi connectivity index (χ1) is 4.41. The van der Waals surface area contributed by atoms with E-state index in [4.69, 9.17) is 10.8 Å². The molecule has 1 aromatic heterocycles. The maximum Gasteiger partial charge on any atom is 0.0553 e. The highest BCUT2D eigenvalue weighted by Crippen LogP contribution is 1.72. The molecule has 3 nitrogen and oxygen atoms in total. The fraction of sp³-hybridized carbons (Fsp3) is 0.333. The van der Waals surface area contributed by atoms with E-state index in [0.717, 1.165) is 0 Å². The van der Waals surface area contributed by atoms with Gasteiger partial charge in [0.2, 0.25) is 0 Å². The largest absolute Gasteiger partial charge is 0.395 e. The van der Waals surface area contributed by atoms with E-state index in [1.165, 1.54) is 0 Å². The minimum absolute atomic E-state index is 0.0972. The summed E-state index contributed by atoms with van der Waals surface area (Å²) in [6.07, 6.45) is 3.75. The van der Waals surface area contributed by atoms with E-state index in [-0.39, 0.29) is 6.61 Å². The van der Waals surface area contributed by atoms with Crippen molar-refractivity contribution in [2.45, 2.75) is 0 Å². The maximum atomic E-state index is 7.75. The first kappa shape index (κ1) is 8.20. The van der Waals surface area contributed by atoms with Crippen molar-refractivity contribution in [3.8, 4) is 0 Å². The third-order valence-corrected chi connectivity index (χ3v) is 0.625. The number of aliphatic hydroxyl groups excluding tert-OH is 1. The van der Waals surface area contributed by atoms with Crippen molar-refractivity contribution in [2.24, 2.45) is 5.73 Å². The summed E-state index contributed by atoms with van der Waals surface area (Å²) >= 11 is 0. The predicted octanol–water partition coefficient (Wildman–Crippen LogP) is -0.0479. The van der Waals surface area contributed by atoms with E-state index in [9.17, 15) is 0 Å². The van der Waals surface area contributed by atoms with Gasteiger partial charge in [0.05, 0.1) is 6.61 Å². The molecule has 1 heterocycles. The van der Waals surface area contributed by atoms with Crippen LogP contribution in [-0.4, -0.2) is 23.2 Å². The molecule has 0 aliphatic heterocycles. The average molecular weight is 128 g/mol. The molecule has 0 saturated carbocycles. The lowest BCUT2D eigenvalue weighted by Gasteiger charge is -1.71. The van der Waals surface area contributed by atoms with Crippen LogP contribution in [0.1, 0.15) is 0 Å². The van der Waals surface area contributed by atoms with Crippen LogP contribution in [0.5, 0.6) is 0 Å². The van der Waals surface area contributed by atoms with Gasteiger partial charge in [-0.1, -0.05) is 0 Å². The molecular formula is C6H12N2O. The Morgan fingerprint density at radius 2 is 1.78 bits per heavy atom. The molecule has 1 rings (SSSR count). The molecule has 52 valence electrons. The first-order valence-electron chi connectivity index (χ1n) is 2.80. The van der Waals surface area contributed by atoms with Crippen LogP contribution in [0, 0.1) is 0 Å². The normalized spacial score (nSPS) is 7.78. The topological polar surface area (TPSA) is 62.0 Å². The maximum absolute atomic E-state index is 7.75. The van der Waals surface area contributed by atoms with Crippen molar-refractivity contribution in [3.63, 3.8) is 0 Å². The second-order valence-electron chi connectivity index (χ2n) is 1.40. The van der Waals surface area contributed by atoms with Gasteiger partial charge in [0.15, 0.2) is 0 Å². The third kappa shape index (κ3) is 7.20. The van der Waals surface area contributed by atoms with Gasteiger partial charge < -0.3 is 15.8 Å². The SMILES string of the molecule is NCCO.c1cc[nH]c1. The molecule has 0 amide bonds. The molecule has 3 heteroatoms. The summed E-state index contributed by atoms with van der Waals surface area (Å²) in [4.78, 5) is 2.86. The fourth-order valence-corrected chi connectivity index (χ4v) is 0.278. The van der Waals surface area contributed by atoms with E-state index in [0.29, 0.717) is 6.54 Å². The van der Waals surface area contributed by atoms with Crippen molar-refractivity contribution >= 4 is 0 Å². The van der Waals surface area contributed by atoms with E-state index in [2.05, 4.69) is 4.98 Å². The van der Waals surface area contributed by atoms with Crippen molar-refractivity contribution in [1.82, 2.24) is 4.98 Å². The number of aliphatic hydroxyl groups is 1. The summed E-state index contributed by atoms with van der Waals surface area (Å²) in [5.41, 5.74) is 4.78. The zero-order chi connectivity index (χ0) is 6.95. The Balaban J connectivity index is 0.000000148. The van der Waals surface area contributed by atoms with Gasteiger partial charge in [-0.2, -0.15) is 0 Å². The van der Waals surface area contributed by atoms with Gasteiger partial charge in [-0.15, -0.1) is 0 Å². The number of rotatable bonds is 1. The number of hydrogen-bond acceptors (Lipinski definition) is 2. The molecule has 0 aliphatic rings. The Labute approximate surface area is 54.5 Å². The average Bonchev–Trinajstić information content (AvgIpc) is 2.43. The Hall–Kier alpha value is -0.800. The van der Waals surface area contributed by atoms with Crippen molar-refractivity contribution in [3.05, 3.63) is 24.5 Å². The number of aromatic amines is 1. The molecule has 9 heavy (non-hydrogen) atoms. The van der Waals surface area contributed by atoms with Crippen LogP contribution >= 0.6 is 0 Å².